The number of anilines is 1. The molecule has 0 radical (unpaired) electrons. The van der Waals surface area contributed by atoms with Gasteiger partial charge in [0.15, 0.2) is 0 Å². The highest BCUT2D eigenvalue weighted by Crippen LogP contribution is 2.39. The monoisotopic (exact) mass is 277 g/mol. The Balaban J connectivity index is 2.84. The molecule has 0 unspecified atom stereocenters. The highest BCUT2D eigenvalue weighted by Gasteiger charge is 2.16. The molecule has 1 aromatic heterocycles. The van der Waals surface area contributed by atoms with E-state index in [0.29, 0.717) is 20.2 Å². The quantitative estimate of drug-likeness (QED) is 0.778. The molecule has 0 atom stereocenters. The van der Waals surface area contributed by atoms with Crippen molar-refractivity contribution in [1.29, 1.82) is 0 Å². The Morgan fingerprint density at radius 2 is 2.14 bits per heavy atom. The van der Waals surface area contributed by atoms with Crippen LogP contribution in [-0.4, -0.2) is 0 Å². The van der Waals surface area contributed by atoms with Crippen LogP contribution in [0.1, 0.15) is 12.0 Å². The fourth-order valence-electron chi connectivity index (χ4n) is 1.32. The van der Waals surface area contributed by atoms with Crippen molar-refractivity contribution in [2.24, 2.45) is 0 Å². The Kier molecular flexibility index (Phi) is 2.45. The van der Waals surface area contributed by atoms with Gasteiger partial charge in [0, 0.05) is 20.1 Å². The summed E-state index contributed by atoms with van der Waals surface area (Å²) in [6, 6.07) is 3.14. The highest BCUT2D eigenvalue weighted by molar-refractivity contribution is 9.10. The minimum absolute atomic E-state index is 0.0380. The summed E-state index contributed by atoms with van der Waals surface area (Å²) in [5.74, 6) is 0. The van der Waals surface area contributed by atoms with E-state index >= 15 is 0 Å². The summed E-state index contributed by atoms with van der Waals surface area (Å²) < 4.78 is 26.4. The molecule has 0 amide bonds. The first-order chi connectivity index (χ1) is 6.61. The van der Waals surface area contributed by atoms with E-state index in [0.717, 1.165) is 0 Å². The van der Waals surface area contributed by atoms with Crippen molar-refractivity contribution in [3.05, 3.63) is 27.5 Å². The Morgan fingerprint density at radius 3 is 2.79 bits per heavy atom. The van der Waals surface area contributed by atoms with Gasteiger partial charge in [0.2, 0.25) is 0 Å². The van der Waals surface area contributed by atoms with E-state index in [1.54, 1.807) is 11.4 Å². The summed E-state index contributed by atoms with van der Waals surface area (Å²) in [6.07, 6.45) is -2.46. The fourth-order valence-corrected chi connectivity index (χ4v) is 2.70. The average molecular weight is 278 g/mol. The van der Waals surface area contributed by atoms with E-state index in [4.69, 9.17) is 5.73 Å². The van der Waals surface area contributed by atoms with Crippen molar-refractivity contribution in [2.75, 3.05) is 5.73 Å². The van der Waals surface area contributed by atoms with E-state index in [1.165, 1.54) is 17.4 Å². The zero-order chi connectivity index (χ0) is 10.3. The van der Waals surface area contributed by atoms with E-state index in [-0.39, 0.29) is 5.56 Å². The lowest BCUT2D eigenvalue weighted by Crippen LogP contribution is -1.91. The van der Waals surface area contributed by atoms with Crippen LogP contribution >= 0.6 is 27.3 Å². The third kappa shape index (κ3) is 1.40. The number of hydrogen-bond acceptors (Lipinski definition) is 2. The molecule has 2 rings (SSSR count). The van der Waals surface area contributed by atoms with E-state index < -0.39 is 6.43 Å². The van der Waals surface area contributed by atoms with E-state index in [9.17, 15) is 8.78 Å². The molecule has 74 valence electrons. The fraction of sp³-hybridized carbons (Fsp3) is 0.111. The molecular weight excluding hydrogens is 272 g/mol. The molecule has 0 aliphatic carbocycles. The normalized spacial score (nSPS) is 11.4. The maximum absolute atomic E-state index is 12.6. The van der Waals surface area contributed by atoms with Gasteiger partial charge in [-0.3, -0.25) is 0 Å². The van der Waals surface area contributed by atoms with Crippen molar-refractivity contribution >= 4 is 43.0 Å². The number of rotatable bonds is 1. The summed E-state index contributed by atoms with van der Waals surface area (Å²) >= 11 is 4.45. The van der Waals surface area contributed by atoms with Gasteiger partial charge >= 0.3 is 0 Å². The lowest BCUT2D eigenvalue weighted by atomic mass is 10.1. The third-order valence-electron chi connectivity index (χ3n) is 1.99. The number of benzene rings is 1. The minimum Gasteiger partial charge on any atom is -0.397 e. The van der Waals surface area contributed by atoms with Gasteiger partial charge in [0.05, 0.1) is 5.69 Å². The molecule has 1 nitrogen and oxygen atoms in total. The number of fused-ring (bicyclic) bond motifs is 1. The van der Waals surface area contributed by atoms with Gasteiger partial charge in [-0.1, -0.05) is 0 Å². The van der Waals surface area contributed by atoms with Gasteiger partial charge in [0.25, 0.3) is 6.43 Å². The summed E-state index contributed by atoms with van der Waals surface area (Å²) in [5, 5.41) is 2.46. The second-order valence-corrected chi connectivity index (χ2v) is 4.60. The Hall–Kier alpha value is -0.680. The third-order valence-corrected chi connectivity index (χ3v) is 3.61. The molecule has 0 spiro atoms. The highest BCUT2D eigenvalue weighted by atomic mass is 79.9. The van der Waals surface area contributed by atoms with Crippen molar-refractivity contribution in [3.8, 4) is 0 Å². The minimum atomic E-state index is -2.46. The van der Waals surface area contributed by atoms with Gasteiger partial charge < -0.3 is 5.73 Å². The largest absolute Gasteiger partial charge is 0.397 e. The van der Waals surface area contributed by atoms with Gasteiger partial charge in [-0.2, -0.15) is 0 Å². The molecule has 1 heterocycles. The first kappa shape index (κ1) is 9.86. The topological polar surface area (TPSA) is 26.0 Å². The first-order valence-corrected chi connectivity index (χ1v) is 5.51. The molecule has 0 saturated carbocycles. The van der Waals surface area contributed by atoms with Crippen LogP contribution in [-0.2, 0) is 0 Å². The van der Waals surface area contributed by atoms with Crippen molar-refractivity contribution in [1.82, 2.24) is 0 Å². The average Bonchev–Trinajstić information content (AvgIpc) is 2.59. The van der Waals surface area contributed by atoms with Gasteiger partial charge in [-0.25, -0.2) is 8.78 Å². The number of halogens is 3. The van der Waals surface area contributed by atoms with Crippen LogP contribution in [0.15, 0.2) is 22.0 Å². The lowest BCUT2D eigenvalue weighted by Gasteiger charge is -2.06. The molecule has 0 aliphatic heterocycles. The second kappa shape index (κ2) is 3.47. The summed E-state index contributed by atoms with van der Waals surface area (Å²) in [7, 11) is 0. The predicted molar refractivity (Wildman–Crippen MR) is 58.9 cm³/mol. The maximum atomic E-state index is 12.6. The predicted octanol–water partition coefficient (Wildman–Crippen LogP) is 4.18. The smallest absolute Gasteiger partial charge is 0.265 e. The second-order valence-electron chi connectivity index (χ2n) is 2.83. The SMILES string of the molecule is Nc1c(Br)cc(C(F)F)c2sccc12. The van der Waals surface area contributed by atoms with Crippen LogP contribution in [0.2, 0.25) is 0 Å². The van der Waals surface area contributed by atoms with Crippen molar-refractivity contribution in [3.63, 3.8) is 0 Å². The molecule has 0 saturated heterocycles. The first-order valence-electron chi connectivity index (χ1n) is 3.84. The van der Waals surface area contributed by atoms with Crippen molar-refractivity contribution in [2.45, 2.75) is 6.43 Å². The standard InChI is InChI=1S/C9H6BrF2NS/c10-6-3-5(9(11)12)8-4(7(6)13)1-2-14-8/h1-3,9H,13H2. The van der Waals surface area contributed by atoms with Gasteiger partial charge in [0.1, 0.15) is 0 Å². The number of nitrogen functional groups attached to an aromatic ring is 1. The lowest BCUT2D eigenvalue weighted by molar-refractivity contribution is 0.153. The zero-order valence-electron chi connectivity index (χ0n) is 6.93. The Morgan fingerprint density at radius 1 is 1.43 bits per heavy atom. The van der Waals surface area contributed by atoms with Crippen LogP contribution < -0.4 is 5.73 Å². The molecule has 1 aromatic carbocycles. The van der Waals surface area contributed by atoms with Gasteiger partial charge in [-0.15, -0.1) is 11.3 Å². The summed E-state index contributed by atoms with van der Waals surface area (Å²) in [5.41, 5.74) is 6.30. The number of thiophene rings is 1. The van der Waals surface area contributed by atoms with Crippen LogP contribution in [0.25, 0.3) is 10.1 Å². The molecule has 14 heavy (non-hydrogen) atoms. The van der Waals surface area contributed by atoms with Crippen LogP contribution in [0, 0.1) is 0 Å². The van der Waals surface area contributed by atoms with Crippen LogP contribution in [0.4, 0.5) is 14.5 Å². The number of alkyl halides is 2. The molecule has 0 fully saturated rings. The Bertz CT molecular complexity index is 481. The molecule has 2 N–H and O–H groups in total. The summed E-state index contributed by atoms with van der Waals surface area (Å²) in [6.45, 7) is 0. The number of nitrogens with two attached hydrogens (primary N) is 1. The molecular formula is C9H6BrF2NS. The van der Waals surface area contributed by atoms with Gasteiger partial charge in [-0.05, 0) is 33.4 Å². The molecule has 2 aromatic rings. The maximum Gasteiger partial charge on any atom is 0.265 e. The van der Waals surface area contributed by atoms with Crippen LogP contribution in [0.3, 0.4) is 0 Å². The summed E-state index contributed by atoms with van der Waals surface area (Å²) in [4.78, 5) is 0. The molecule has 5 heteroatoms. The zero-order valence-corrected chi connectivity index (χ0v) is 9.33. The van der Waals surface area contributed by atoms with Crippen LogP contribution in [0.5, 0.6) is 0 Å². The van der Waals surface area contributed by atoms with E-state index in [1.807, 2.05) is 0 Å². The number of hydrogen-bond donors (Lipinski definition) is 1. The van der Waals surface area contributed by atoms with E-state index in [2.05, 4.69) is 15.9 Å². The van der Waals surface area contributed by atoms with Crippen molar-refractivity contribution < 1.29 is 8.78 Å². The molecule has 0 aliphatic rings. The Labute approximate surface area is 91.7 Å². The molecule has 0 bridgehead atoms.